The molecular weight excluding hydrogens is 484 g/mol. The molecule has 3 amide bonds. The highest BCUT2D eigenvalue weighted by molar-refractivity contribution is 5.96. The van der Waals surface area contributed by atoms with E-state index in [2.05, 4.69) is 20.6 Å². The average molecular weight is 523 g/mol. The quantitative estimate of drug-likeness (QED) is 0.337. The van der Waals surface area contributed by atoms with Gasteiger partial charge >= 0.3 is 0 Å². The largest absolute Gasteiger partial charge is 0.364 e. The number of hydrogen-bond donors (Lipinski definition) is 3. The van der Waals surface area contributed by atoms with Crippen LogP contribution in [-0.4, -0.2) is 82.7 Å². The highest BCUT2D eigenvalue weighted by Gasteiger charge is 2.30. The normalized spacial score (nSPS) is 13.9. The van der Waals surface area contributed by atoms with E-state index in [1.165, 1.54) is 11.0 Å². The van der Waals surface area contributed by atoms with E-state index in [1.54, 1.807) is 26.2 Å². The molecular formula is C27H38N8O3. The zero-order valence-electron chi connectivity index (χ0n) is 22.8. The molecule has 1 atom stereocenters. The predicted molar refractivity (Wildman–Crippen MR) is 146 cm³/mol. The van der Waals surface area contributed by atoms with Crippen LogP contribution in [0.4, 0.5) is 11.6 Å². The minimum Gasteiger partial charge on any atom is -0.364 e. The first-order valence-corrected chi connectivity index (χ1v) is 12.9. The van der Waals surface area contributed by atoms with Crippen molar-refractivity contribution < 1.29 is 14.4 Å². The van der Waals surface area contributed by atoms with E-state index in [-0.39, 0.29) is 17.5 Å². The summed E-state index contributed by atoms with van der Waals surface area (Å²) in [5.41, 5.74) is 8.31. The Labute approximate surface area is 223 Å². The number of aryl methyl sites for hydroxylation is 1. The number of likely N-dealkylation sites (N-methyl/N-ethyl adjacent to an activating group) is 2. The summed E-state index contributed by atoms with van der Waals surface area (Å²) in [5.74, 6) is 0.0553. The molecule has 0 aromatic carbocycles. The van der Waals surface area contributed by atoms with Gasteiger partial charge in [0.05, 0.1) is 11.4 Å². The molecule has 38 heavy (non-hydrogen) atoms. The number of nitrogens with zero attached hydrogens (tertiary/aromatic N) is 5. The molecule has 11 nitrogen and oxygen atoms in total. The van der Waals surface area contributed by atoms with Crippen molar-refractivity contribution >= 4 is 29.4 Å². The lowest BCUT2D eigenvalue weighted by Gasteiger charge is -2.23. The van der Waals surface area contributed by atoms with E-state index >= 15 is 0 Å². The van der Waals surface area contributed by atoms with Crippen molar-refractivity contribution in [1.82, 2.24) is 30.1 Å². The second-order valence-corrected chi connectivity index (χ2v) is 9.75. The summed E-state index contributed by atoms with van der Waals surface area (Å²) in [4.78, 5) is 53.9. The average Bonchev–Trinajstić information content (AvgIpc) is 3.73. The van der Waals surface area contributed by atoms with E-state index in [0.717, 1.165) is 29.8 Å². The number of carbonyl (C=O) groups excluding carboxylic acids is 3. The van der Waals surface area contributed by atoms with Gasteiger partial charge in [-0.25, -0.2) is 15.0 Å². The molecule has 11 heteroatoms. The zero-order chi connectivity index (χ0) is 27.8. The summed E-state index contributed by atoms with van der Waals surface area (Å²) in [5, 5.41) is 5.99. The van der Waals surface area contributed by atoms with Gasteiger partial charge in [-0.2, -0.15) is 0 Å². The number of nitrogens with one attached hydrogen (secondary N) is 2. The molecule has 2 heterocycles. The van der Waals surface area contributed by atoms with Crippen LogP contribution in [0.1, 0.15) is 60.0 Å². The van der Waals surface area contributed by atoms with Crippen LogP contribution in [0, 0.1) is 0 Å². The van der Waals surface area contributed by atoms with Crippen molar-refractivity contribution in [2.24, 2.45) is 5.73 Å². The number of hydrogen-bond acceptors (Lipinski definition) is 8. The Hall–Kier alpha value is -3.86. The van der Waals surface area contributed by atoms with Crippen LogP contribution in [0.5, 0.6) is 0 Å². The topological polar surface area (TPSA) is 146 Å². The van der Waals surface area contributed by atoms with Gasteiger partial charge in [0, 0.05) is 38.3 Å². The number of nitrogens with two attached hydrogens (primary N) is 1. The van der Waals surface area contributed by atoms with Crippen LogP contribution >= 0.6 is 0 Å². The van der Waals surface area contributed by atoms with Gasteiger partial charge < -0.3 is 26.2 Å². The van der Waals surface area contributed by atoms with Gasteiger partial charge in [-0.3, -0.25) is 14.4 Å². The second kappa shape index (κ2) is 13.1. The molecule has 0 spiro atoms. The number of aromatic nitrogens is 3. The number of rotatable bonds is 13. The predicted octanol–water partition coefficient (Wildman–Crippen LogP) is 1.78. The molecule has 0 radical (unpaired) electrons. The first-order valence-electron chi connectivity index (χ1n) is 12.9. The van der Waals surface area contributed by atoms with Crippen LogP contribution < -0.4 is 16.4 Å². The van der Waals surface area contributed by atoms with Gasteiger partial charge in [0.15, 0.2) is 11.5 Å². The molecule has 1 aliphatic rings. The van der Waals surface area contributed by atoms with E-state index in [0.29, 0.717) is 43.5 Å². The fourth-order valence-corrected chi connectivity index (χ4v) is 3.83. The van der Waals surface area contributed by atoms with Crippen molar-refractivity contribution in [3.05, 3.63) is 53.1 Å². The maximum Gasteiger partial charge on any atom is 0.271 e. The molecule has 2 aromatic heterocycles. The van der Waals surface area contributed by atoms with Gasteiger partial charge in [-0.1, -0.05) is 13.0 Å². The van der Waals surface area contributed by atoms with Crippen LogP contribution in [0.2, 0.25) is 0 Å². The van der Waals surface area contributed by atoms with Crippen LogP contribution in [0.15, 0.2) is 30.5 Å². The van der Waals surface area contributed by atoms with Gasteiger partial charge in [0.1, 0.15) is 11.9 Å². The van der Waals surface area contributed by atoms with Crippen molar-refractivity contribution in [3.63, 3.8) is 0 Å². The van der Waals surface area contributed by atoms with Crippen LogP contribution in [0.25, 0.3) is 0 Å². The lowest BCUT2D eigenvalue weighted by Crippen LogP contribution is -2.45. The van der Waals surface area contributed by atoms with Crippen molar-refractivity contribution in [3.8, 4) is 0 Å². The van der Waals surface area contributed by atoms with Gasteiger partial charge in [-0.15, -0.1) is 0 Å². The Balaban J connectivity index is 1.60. The Bertz CT molecular complexity index is 1190. The number of pyridine rings is 1. The Morgan fingerprint density at radius 2 is 1.95 bits per heavy atom. The zero-order valence-corrected chi connectivity index (χ0v) is 22.8. The second-order valence-electron chi connectivity index (χ2n) is 9.75. The number of carbonyl (C=O) groups is 3. The smallest absolute Gasteiger partial charge is 0.271 e. The minimum atomic E-state index is -0.651. The number of amides is 3. The molecule has 204 valence electrons. The SMILES string of the molecule is CCc1nc(C(N)=O)c(Nc2cc(CCNC(=O)[C@H](C)N(C)C(=O)/C=C/CN(C)C)ccn2)nc1C1CC1. The standard InChI is InChI=1S/C27H38N8O3/c1-6-20-23(19-9-10-19)33-26(24(31-20)25(28)37)32-21-16-18(11-13-29-21)12-14-30-27(38)17(2)35(5)22(36)8-7-15-34(3)4/h7-8,11,13,16-17,19H,6,9-10,12,14-15H2,1-5H3,(H2,28,37)(H,30,38)(H,29,32,33)/b8-7+/t17-/m0/s1. The Morgan fingerprint density at radius 3 is 2.58 bits per heavy atom. The number of primary amides is 1. The fraction of sp³-hybridized carbons (Fsp3) is 0.481. The third-order valence-corrected chi connectivity index (χ3v) is 6.35. The molecule has 4 N–H and O–H groups in total. The molecule has 0 saturated heterocycles. The highest BCUT2D eigenvalue weighted by Crippen LogP contribution is 2.41. The molecule has 0 unspecified atom stereocenters. The summed E-state index contributed by atoms with van der Waals surface area (Å²) >= 11 is 0. The molecule has 0 aliphatic heterocycles. The minimum absolute atomic E-state index is 0.0925. The Morgan fingerprint density at radius 1 is 1.21 bits per heavy atom. The van der Waals surface area contributed by atoms with Gasteiger partial charge in [-0.05, 0) is 64.4 Å². The summed E-state index contributed by atoms with van der Waals surface area (Å²) < 4.78 is 0. The Kier molecular flexibility index (Phi) is 9.89. The first-order chi connectivity index (χ1) is 18.1. The van der Waals surface area contributed by atoms with Crippen molar-refractivity contribution in [2.75, 3.05) is 39.5 Å². The molecule has 1 aliphatic carbocycles. The maximum absolute atomic E-state index is 12.6. The summed E-state index contributed by atoms with van der Waals surface area (Å²) in [6.45, 7) is 4.70. The molecule has 1 fully saturated rings. The fourth-order valence-electron chi connectivity index (χ4n) is 3.83. The van der Waals surface area contributed by atoms with Crippen molar-refractivity contribution in [1.29, 1.82) is 0 Å². The lowest BCUT2D eigenvalue weighted by molar-refractivity contribution is -0.135. The third kappa shape index (κ3) is 7.82. The molecule has 0 bridgehead atoms. The molecule has 2 aromatic rings. The number of anilines is 2. The van der Waals surface area contributed by atoms with Crippen LogP contribution in [-0.2, 0) is 22.4 Å². The van der Waals surface area contributed by atoms with Gasteiger partial charge in [0.25, 0.3) is 5.91 Å². The van der Waals surface area contributed by atoms with Gasteiger partial charge in [0.2, 0.25) is 11.8 Å². The maximum atomic E-state index is 12.6. The van der Waals surface area contributed by atoms with E-state index in [9.17, 15) is 14.4 Å². The lowest BCUT2D eigenvalue weighted by atomic mass is 10.1. The summed E-state index contributed by atoms with van der Waals surface area (Å²) in [7, 11) is 5.44. The highest BCUT2D eigenvalue weighted by atomic mass is 16.2. The van der Waals surface area contributed by atoms with E-state index in [1.807, 2.05) is 38.1 Å². The first kappa shape index (κ1) is 28.7. The monoisotopic (exact) mass is 522 g/mol. The van der Waals surface area contributed by atoms with E-state index < -0.39 is 11.9 Å². The van der Waals surface area contributed by atoms with E-state index in [4.69, 9.17) is 10.7 Å². The summed E-state index contributed by atoms with van der Waals surface area (Å²) in [6.07, 6.45) is 8.24. The van der Waals surface area contributed by atoms with Crippen LogP contribution in [0.3, 0.4) is 0 Å². The molecule has 3 rings (SSSR count). The summed E-state index contributed by atoms with van der Waals surface area (Å²) in [6, 6.07) is 3.07. The third-order valence-electron chi connectivity index (χ3n) is 6.35. The van der Waals surface area contributed by atoms with Crippen molar-refractivity contribution in [2.45, 2.75) is 51.5 Å². The molecule has 1 saturated carbocycles.